The van der Waals surface area contributed by atoms with Gasteiger partial charge in [0.25, 0.3) is 0 Å². The standard InChI is InChI=1S/C19H30N4O2.HI/c1-3-20-19(21-13-15-6-4-9-23(2)14-15)22-16-7-8-17-18(12-16)25-11-5-10-24-17;/h7-8,12,15H,3-6,9-11,13-14H2,1-2H3,(H2,20,21,22);1H. The molecule has 0 aliphatic carbocycles. The second kappa shape index (κ2) is 10.8. The van der Waals surface area contributed by atoms with E-state index in [1.807, 2.05) is 18.2 Å². The quantitative estimate of drug-likeness (QED) is 0.399. The van der Waals surface area contributed by atoms with Crippen LogP contribution in [0.1, 0.15) is 26.2 Å². The highest BCUT2D eigenvalue weighted by Gasteiger charge is 2.17. The fraction of sp³-hybridized carbons (Fsp3) is 0.632. The lowest BCUT2D eigenvalue weighted by Gasteiger charge is -2.28. The largest absolute Gasteiger partial charge is 0.490 e. The van der Waals surface area contributed by atoms with Crippen LogP contribution in [-0.4, -0.2) is 57.3 Å². The molecule has 1 saturated heterocycles. The minimum Gasteiger partial charge on any atom is -0.490 e. The van der Waals surface area contributed by atoms with E-state index >= 15 is 0 Å². The molecule has 26 heavy (non-hydrogen) atoms. The van der Waals surface area contributed by atoms with Gasteiger partial charge in [0.05, 0.1) is 13.2 Å². The van der Waals surface area contributed by atoms with Crippen LogP contribution in [0, 0.1) is 5.92 Å². The van der Waals surface area contributed by atoms with E-state index < -0.39 is 0 Å². The van der Waals surface area contributed by atoms with Crippen LogP contribution in [0.2, 0.25) is 0 Å². The molecule has 7 heteroatoms. The first-order valence-electron chi connectivity index (χ1n) is 9.38. The molecular formula is C19H31IN4O2. The number of guanidine groups is 1. The van der Waals surface area contributed by atoms with Crippen molar-refractivity contribution in [2.24, 2.45) is 10.9 Å². The van der Waals surface area contributed by atoms with E-state index in [0.29, 0.717) is 19.1 Å². The monoisotopic (exact) mass is 474 g/mol. The van der Waals surface area contributed by atoms with Crippen molar-refractivity contribution in [1.82, 2.24) is 10.2 Å². The van der Waals surface area contributed by atoms with Crippen molar-refractivity contribution in [2.45, 2.75) is 26.2 Å². The molecule has 2 N–H and O–H groups in total. The average molecular weight is 474 g/mol. The molecule has 0 saturated carbocycles. The van der Waals surface area contributed by atoms with Crippen molar-refractivity contribution in [3.63, 3.8) is 0 Å². The number of benzene rings is 1. The molecule has 2 aliphatic rings. The Morgan fingerprint density at radius 2 is 2.04 bits per heavy atom. The second-order valence-electron chi connectivity index (χ2n) is 6.83. The van der Waals surface area contributed by atoms with Crippen LogP contribution in [0.25, 0.3) is 0 Å². The van der Waals surface area contributed by atoms with E-state index in [4.69, 9.17) is 14.5 Å². The first-order valence-corrected chi connectivity index (χ1v) is 9.38. The topological polar surface area (TPSA) is 58.1 Å². The van der Waals surface area contributed by atoms with Gasteiger partial charge in [-0.2, -0.15) is 0 Å². The van der Waals surface area contributed by atoms with Gasteiger partial charge in [0, 0.05) is 37.8 Å². The van der Waals surface area contributed by atoms with Gasteiger partial charge in [-0.25, -0.2) is 0 Å². The SMILES string of the molecule is CCNC(=NCC1CCCN(C)C1)Nc1ccc2c(c1)OCCCO2.I. The number of aliphatic imine (C=N–C) groups is 1. The van der Waals surface area contributed by atoms with Crippen LogP contribution in [-0.2, 0) is 0 Å². The maximum atomic E-state index is 5.77. The lowest BCUT2D eigenvalue weighted by Crippen LogP contribution is -2.35. The number of halogens is 1. The summed E-state index contributed by atoms with van der Waals surface area (Å²) in [6, 6.07) is 5.96. The van der Waals surface area contributed by atoms with Crippen molar-refractivity contribution in [2.75, 3.05) is 51.8 Å². The zero-order valence-electron chi connectivity index (χ0n) is 15.8. The molecule has 1 fully saturated rings. The van der Waals surface area contributed by atoms with Gasteiger partial charge in [0.2, 0.25) is 0 Å². The Balaban J connectivity index is 0.00000243. The van der Waals surface area contributed by atoms with Crippen molar-refractivity contribution < 1.29 is 9.47 Å². The number of likely N-dealkylation sites (tertiary alicyclic amines) is 1. The molecule has 1 aromatic carbocycles. The fourth-order valence-electron chi connectivity index (χ4n) is 3.33. The van der Waals surface area contributed by atoms with Crippen LogP contribution < -0.4 is 20.1 Å². The fourth-order valence-corrected chi connectivity index (χ4v) is 3.33. The smallest absolute Gasteiger partial charge is 0.195 e. The van der Waals surface area contributed by atoms with Gasteiger partial charge < -0.3 is 25.0 Å². The normalized spacial score (nSPS) is 20.7. The molecule has 1 aromatic rings. The molecule has 0 amide bonds. The Morgan fingerprint density at radius 1 is 1.23 bits per heavy atom. The summed E-state index contributed by atoms with van der Waals surface area (Å²) in [6.07, 6.45) is 3.44. The van der Waals surface area contributed by atoms with Crippen molar-refractivity contribution in [1.29, 1.82) is 0 Å². The van der Waals surface area contributed by atoms with E-state index in [-0.39, 0.29) is 24.0 Å². The molecule has 1 atom stereocenters. The molecule has 0 bridgehead atoms. The molecule has 0 radical (unpaired) electrons. The number of anilines is 1. The first-order chi connectivity index (χ1) is 12.2. The van der Waals surface area contributed by atoms with Gasteiger partial charge in [-0.15, -0.1) is 24.0 Å². The van der Waals surface area contributed by atoms with E-state index in [1.165, 1.54) is 19.4 Å². The first kappa shape index (κ1) is 21.1. The van der Waals surface area contributed by atoms with E-state index in [2.05, 4.69) is 29.5 Å². The minimum atomic E-state index is 0. The summed E-state index contributed by atoms with van der Waals surface area (Å²) < 4.78 is 11.5. The van der Waals surface area contributed by atoms with E-state index in [9.17, 15) is 0 Å². The number of fused-ring (bicyclic) bond motifs is 1. The Morgan fingerprint density at radius 3 is 2.81 bits per heavy atom. The summed E-state index contributed by atoms with van der Waals surface area (Å²) in [5.41, 5.74) is 0.963. The predicted octanol–water partition coefficient (Wildman–Crippen LogP) is 3.19. The Kier molecular flexibility index (Phi) is 8.77. The number of hydrogen-bond acceptors (Lipinski definition) is 4. The van der Waals surface area contributed by atoms with E-state index in [0.717, 1.165) is 49.2 Å². The zero-order valence-corrected chi connectivity index (χ0v) is 18.1. The third kappa shape index (κ3) is 6.19. The van der Waals surface area contributed by atoms with Gasteiger partial charge in [-0.05, 0) is 51.4 Å². The third-order valence-electron chi connectivity index (χ3n) is 4.58. The Hall–Kier alpha value is -1.22. The lowest BCUT2D eigenvalue weighted by molar-refractivity contribution is 0.214. The lowest BCUT2D eigenvalue weighted by atomic mass is 9.99. The number of hydrogen-bond donors (Lipinski definition) is 2. The minimum absolute atomic E-state index is 0. The van der Waals surface area contributed by atoms with Crippen molar-refractivity contribution >= 4 is 35.6 Å². The number of nitrogens with zero attached hydrogens (tertiary/aromatic N) is 2. The Bertz CT molecular complexity index is 597. The summed E-state index contributed by atoms with van der Waals surface area (Å²) in [5.74, 6) is 3.07. The van der Waals surface area contributed by atoms with Crippen molar-refractivity contribution in [3.8, 4) is 11.5 Å². The summed E-state index contributed by atoms with van der Waals surface area (Å²) in [6.45, 7) is 7.51. The van der Waals surface area contributed by atoms with Crippen LogP contribution in [0.3, 0.4) is 0 Å². The van der Waals surface area contributed by atoms with Crippen LogP contribution in [0.4, 0.5) is 5.69 Å². The molecule has 3 rings (SSSR count). The van der Waals surface area contributed by atoms with Crippen LogP contribution in [0.5, 0.6) is 11.5 Å². The highest BCUT2D eigenvalue weighted by Crippen LogP contribution is 2.32. The number of rotatable bonds is 4. The predicted molar refractivity (Wildman–Crippen MR) is 117 cm³/mol. The highest BCUT2D eigenvalue weighted by molar-refractivity contribution is 14.0. The molecular weight excluding hydrogens is 443 g/mol. The molecule has 2 heterocycles. The molecule has 0 aromatic heterocycles. The summed E-state index contributed by atoms with van der Waals surface area (Å²) in [4.78, 5) is 7.19. The summed E-state index contributed by atoms with van der Waals surface area (Å²) >= 11 is 0. The summed E-state index contributed by atoms with van der Waals surface area (Å²) in [5, 5.41) is 6.72. The molecule has 6 nitrogen and oxygen atoms in total. The maximum absolute atomic E-state index is 5.77. The number of nitrogens with one attached hydrogen (secondary N) is 2. The van der Waals surface area contributed by atoms with Gasteiger partial charge in [0.15, 0.2) is 17.5 Å². The number of piperidine rings is 1. The van der Waals surface area contributed by atoms with Gasteiger partial charge in [-0.3, -0.25) is 4.99 Å². The summed E-state index contributed by atoms with van der Waals surface area (Å²) in [7, 11) is 2.19. The van der Waals surface area contributed by atoms with Crippen LogP contribution in [0.15, 0.2) is 23.2 Å². The third-order valence-corrected chi connectivity index (χ3v) is 4.58. The maximum Gasteiger partial charge on any atom is 0.195 e. The molecule has 146 valence electrons. The zero-order chi connectivity index (χ0) is 17.5. The number of ether oxygens (including phenoxy) is 2. The van der Waals surface area contributed by atoms with Gasteiger partial charge in [-0.1, -0.05) is 0 Å². The molecule has 2 aliphatic heterocycles. The average Bonchev–Trinajstić information content (AvgIpc) is 2.85. The van der Waals surface area contributed by atoms with Gasteiger partial charge in [0.1, 0.15) is 0 Å². The van der Waals surface area contributed by atoms with Crippen LogP contribution >= 0.6 is 24.0 Å². The Labute approximate surface area is 173 Å². The van der Waals surface area contributed by atoms with Crippen molar-refractivity contribution in [3.05, 3.63) is 18.2 Å². The van der Waals surface area contributed by atoms with E-state index in [1.54, 1.807) is 0 Å². The molecule has 0 spiro atoms. The molecule has 1 unspecified atom stereocenters. The van der Waals surface area contributed by atoms with Gasteiger partial charge >= 0.3 is 0 Å². The highest BCUT2D eigenvalue weighted by atomic mass is 127. The second-order valence-corrected chi connectivity index (χ2v) is 6.83.